The van der Waals surface area contributed by atoms with Crippen molar-refractivity contribution in [1.82, 2.24) is 10.2 Å². The SMILES string of the molecule is CC(CNC(=O)N1CCC(S(C)(=O)=O)C1)Oc1ccccc1F. The first-order chi connectivity index (χ1) is 10.8. The third-order valence-corrected chi connectivity index (χ3v) is 5.34. The molecular formula is C15H21FN2O4S. The summed E-state index contributed by atoms with van der Waals surface area (Å²) in [6, 6.07) is 5.72. The molecule has 0 bridgehead atoms. The minimum absolute atomic E-state index is 0.132. The van der Waals surface area contributed by atoms with Gasteiger partial charge in [-0.3, -0.25) is 0 Å². The number of hydrogen-bond acceptors (Lipinski definition) is 4. The molecule has 2 amide bonds. The van der Waals surface area contributed by atoms with Gasteiger partial charge in [0.25, 0.3) is 0 Å². The highest BCUT2D eigenvalue weighted by atomic mass is 32.2. The number of nitrogens with zero attached hydrogens (tertiary/aromatic N) is 1. The summed E-state index contributed by atoms with van der Waals surface area (Å²) in [4.78, 5) is 13.5. The monoisotopic (exact) mass is 344 g/mol. The van der Waals surface area contributed by atoms with Crippen LogP contribution in [0.1, 0.15) is 13.3 Å². The maximum Gasteiger partial charge on any atom is 0.317 e. The third-order valence-electron chi connectivity index (χ3n) is 3.74. The molecule has 1 fully saturated rings. The Bertz CT molecular complexity index is 665. The van der Waals surface area contributed by atoms with Gasteiger partial charge in [0.1, 0.15) is 6.10 Å². The van der Waals surface area contributed by atoms with Crippen molar-refractivity contribution in [1.29, 1.82) is 0 Å². The first kappa shape index (κ1) is 17.5. The van der Waals surface area contributed by atoms with Crippen molar-refractivity contribution in [3.63, 3.8) is 0 Å². The van der Waals surface area contributed by atoms with Gasteiger partial charge in [-0.1, -0.05) is 12.1 Å². The molecule has 2 rings (SSSR count). The van der Waals surface area contributed by atoms with Crippen LogP contribution in [0.5, 0.6) is 5.75 Å². The van der Waals surface area contributed by atoms with Gasteiger partial charge in [0, 0.05) is 19.3 Å². The van der Waals surface area contributed by atoms with Crippen molar-refractivity contribution >= 4 is 15.9 Å². The van der Waals surface area contributed by atoms with Gasteiger partial charge < -0.3 is 15.0 Å². The highest BCUT2D eigenvalue weighted by Gasteiger charge is 2.32. The van der Waals surface area contributed by atoms with Crippen molar-refractivity contribution < 1.29 is 22.3 Å². The number of rotatable bonds is 5. The zero-order valence-corrected chi connectivity index (χ0v) is 14.0. The van der Waals surface area contributed by atoms with Gasteiger partial charge >= 0.3 is 6.03 Å². The molecule has 0 saturated carbocycles. The Morgan fingerprint density at radius 3 is 2.78 bits per heavy atom. The Hall–Kier alpha value is -1.83. The molecule has 8 heteroatoms. The summed E-state index contributed by atoms with van der Waals surface area (Å²) in [6.07, 6.45) is 1.22. The molecular weight excluding hydrogens is 323 g/mol. The summed E-state index contributed by atoms with van der Waals surface area (Å²) in [5.41, 5.74) is 0. The fourth-order valence-electron chi connectivity index (χ4n) is 2.40. The van der Waals surface area contributed by atoms with E-state index in [0.717, 1.165) is 0 Å². The van der Waals surface area contributed by atoms with Gasteiger partial charge in [-0.2, -0.15) is 0 Å². The molecule has 0 radical (unpaired) electrons. The van der Waals surface area contributed by atoms with Crippen molar-refractivity contribution in [3.05, 3.63) is 30.1 Å². The highest BCUT2D eigenvalue weighted by Crippen LogP contribution is 2.17. The predicted molar refractivity (Wildman–Crippen MR) is 84.7 cm³/mol. The summed E-state index contributed by atoms with van der Waals surface area (Å²) in [7, 11) is -3.13. The van der Waals surface area contributed by atoms with Crippen LogP contribution in [0.4, 0.5) is 9.18 Å². The van der Waals surface area contributed by atoms with E-state index >= 15 is 0 Å². The van der Waals surface area contributed by atoms with Crippen LogP contribution in [0.2, 0.25) is 0 Å². The molecule has 1 saturated heterocycles. The van der Waals surface area contributed by atoms with Crippen LogP contribution in [-0.2, 0) is 9.84 Å². The summed E-state index contributed by atoms with van der Waals surface area (Å²) < 4.78 is 41.9. The van der Waals surface area contributed by atoms with Crippen molar-refractivity contribution in [3.8, 4) is 5.75 Å². The molecule has 6 nitrogen and oxygen atoms in total. The average molecular weight is 344 g/mol. The van der Waals surface area contributed by atoms with Crippen LogP contribution >= 0.6 is 0 Å². The molecule has 1 aromatic rings. The molecule has 1 aromatic carbocycles. The Labute approximate surface area is 135 Å². The number of para-hydroxylation sites is 1. The van der Waals surface area contributed by atoms with Gasteiger partial charge in [0.05, 0.1) is 11.8 Å². The average Bonchev–Trinajstić information content (AvgIpc) is 2.97. The minimum atomic E-state index is -3.13. The number of benzene rings is 1. The molecule has 1 aliphatic heterocycles. The maximum atomic E-state index is 13.5. The molecule has 2 atom stereocenters. The van der Waals surface area contributed by atoms with E-state index in [-0.39, 0.29) is 24.9 Å². The van der Waals surface area contributed by atoms with Gasteiger partial charge in [-0.05, 0) is 25.5 Å². The van der Waals surface area contributed by atoms with Crippen LogP contribution in [0.15, 0.2) is 24.3 Å². The topological polar surface area (TPSA) is 75.7 Å². The van der Waals surface area contributed by atoms with Crippen molar-refractivity contribution in [2.24, 2.45) is 0 Å². The smallest absolute Gasteiger partial charge is 0.317 e. The largest absolute Gasteiger partial charge is 0.486 e. The Morgan fingerprint density at radius 2 is 2.17 bits per heavy atom. The number of ether oxygens (including phenoxy) is 1. The molecule has 2 unspecified atom stereocenters. The van der Waals surface area contributed by atoms with Crippen LogP contribution in [0.3, 0.4) is 0 Å². The number of likely N-dealkylation sites (tertiary alicyclic amines) is 1. The lowest BCUT2D eigenvalue weighted by atomic mass is 10.3. The van der Waals surface area contributed by atoms with E-state index in [0.29, 0.717) is 13.0 Å². The van der Waals surface area contributed by atoms with E-state index in [2.05, 4.69) is 5.32 Å². The van der Waals surface area contributed by atoms with E-state index < -0.39 is 27.0 Å². The van der Waals surface area contributed by atoms with E-state index in [9.17, 15) is 17.6 Å². The number of carbonyl (C=O) groups excluding carboxylic acids is 1. The third kappa shape index (κ3) is 4.82. The Morgan fingerprint density at radius 1 is 1.48 bits per heavy atom. The standard InChI is InChI=1S/C15H21FN2O4S/c1-11(22-14-6-4-3-5-13(14)16)9-17-15(19)18-8-7-12(10-18)23(2,20)21/h3-6,11-12H,7-10H2,1-2H3,(H,17,19). The zero-order chi connectivity index (χ0) is 17.0. The number of carbonyl (C=O) groups is 1. The summed E-state index contributed by atoms with van der Waals surface area (Å²) in [5.74, 6) is -0.325. The lowest BCUT2D eigenvalue weighted by Crippen LogP contribution is -2.43. The summed E-state index contributed by atoms with van der Waals surface area (Å²) in [6.45, 7) is 2.53. The van der Waals surface area contributed by atoms with E-state index in [1.165, 1.54) is 23.3 Å². The number of urea groups is 1. The van der Waals surface area contributed by atoms with Crippen LogP contribution in [0, 0.1) is 5.82 Å². The molecule has 0 aliphatic carbocycles. The second-order valence-corrected chi connectivity index (χ2v) is 8.06. The van der Waals surface area contributed by atoms with Crippen LogP contribution < -0.4 is 10.1 Å². The summed E-state index contributed by atoms with van der Waals surface area (Å²) >= 11 is 0. The van der Waals surface area contributed by atoms with Crippen molar-refractivity contribution in [2.75, 3.05) is 25.9 Å². The van der Waals surface area contributed by atoms with Crippen LogP contribution in [-0.4, -0.2) is 56.6 Å². The quantitative estimate of drug-likeness (QED) is 0.877. The predicted octanol–water partition coefficient (Wildman–Crippen LogP) is 1.42. The molecule has 0 spiro atoms. The second kappa shape index (κ2) is 7.16. The number of sulfone groups is 1. The lowest BCUT2D eigenvalue weighted by Gasteiger charge is -2.20. The molecule has 1 aliphatic rings. The fourth-order valence-corrected chi connectivity index (χ4v) is 3.39. The van der Waals surface area contributed by atoms with Crippen molar-refractivity contribution in [2.45, 2.75) is 24.7 Å². The first-order valence-corrected chi connectivity index (χ1v) is 9.35. The Kier molecular flexibility index (Phi) is 5.46. The normalized spacial score (nSPS) is 19.4. The second-order valence-electron chi connectivity index (χ2n) is 5.73. The highest BCUT2D eigenvalue weighted by molar-refractivity contribution is 7.91. The Balaban J connectivity index is 1.80. The maximum absolute atomic E-state index is 13.5. The fraction of sp³-hybridized carbons (Fsp3) is 0.533. The minimum Gasteiger partial charge on any atom is -0.486 e. The molecule has 1 N–H and O–H groups in total. The van der Waals surface area contributed by atoms with E-state index in [4.69, 9.17) is 4.74 Å². The summed E-state index contributed by atoms with van der Waals surface area (Å²) in [5, 5.41) is 2.18. The molecule has 128 valence electrons. The first-order valence-electron chi connectivity index (χ1n) is 7.40. The number of hydrogen-bond donors (Lipinski definition) is 1. The lowest BCUT2D eigenvalue weighted by molar-refractivity contribution is 0.186. The molecule has 23 heavy (non-hydrogen) atoms. The van der Waals surface area contributed by atoms with Gasteiger partial charge in [0.15, 0.2) is 21.4 Å². The van der Waals surface area contributed by atoms with E-state index in [1.54, 1.807) is 19.1 Å². The zero-order valence-electron chi connectivity index (χ0n) is 13.2. The van der Waals surface area contributed by atoms with Gasteiger partial charge in [0.2, 0.25) is 0 Å². The number of amides is 2. The number of nitrogens with one attached hydrogen (secondary N) is 1. The van der Waals surface area contributed by atoms with E-state index in [1.807, 2.05) is 0 Å². The molecule has 1 heterocycles. The van der Waals surface area contributed by atoms with Crippen LogP contribution in [0.25, 0.3) is 0 Å². The van der Waals surface area contributed by atoms with Gasteiger partial charge in [-0.25, -0.2) is 17.6 Å². The molecule has 0 aromatic heterocycles. The number of halogens is 1. The van der Waals surface area contributed by atoms with Gasteiger partial charge in [-0.15, -0.1) is 0 Å².